The van der Waals surface area contributed by atoms with Crippen LogP contribution in [0.4, 0.5) is 5.69 Å². The van der Waals surface area contributed by atoms with Gasteiger partial charge in [0.15, 0.2) is 0 Å². The van der Waals surface area contributed by atoms with Gasteiger partial charge in [-0.15, -0.1) is 0 Å². The van der Waals surface area contributed by atoms with Crippen molar-refractivity contribution in [2.45, 2.75) is 43.6 Å². The number of anilines is 1. The van der Waals surface area contributed by atoms with Gasteiger partial charge in [-0.1, -0.05) is 43.2 Å². The zero-order valence-corrected chi connectivity index (χ0v) is 20.0. The summed E-state index contributed by atoms with van der Waals surface area (Å²) < 4.78 is 1.53. The number of nitrogens with one attached hydrogen (secondary N) is 1. The number of nitrogens with zero attached hydrogens (tertiary/aromatic N) is 2. The average molecular weight is 488 g/mol. The summed E-state index contributed by atoms with van der Waals surface area (Å²) in [6, 6.07) is 15.4. The van der Waals surface area contributed by atoms with E-state index in [-0.39, 0.29) is 24.1 Å². The third kappa shape index (κ3) is 4.15. The largest absolute Gasteiger partial charge is 0.477 e. The van der Waals surface area contributed by atoms with Crippen LogP contribution in [0.15, 0.2) is 48.5 Å². The molecule has 2 amide bonds. The number of fused-ring (bicyclic) bond motifs is 1. The highest BCUT2D eigenvalue weighted by atomic mass is 16.4. The Morgan fingerprint density at radius 3 is 2.53 bits per heavy atom. The molecule has 1 heterocycles. The summed E-state index contributed by atoms with van der Waals surface area (Å²) in [5.41, 5.74) is 12.5. The van der Waals surface area contributed by atoms with Crippen LogP contribution in [0.3, 0.4) is 0 Å². The van der Waals surface area contributed by atoms with Gasteiger partial charge in [0.05, 0.1) is 17.4 Å². The first kappa shape index (κ1) is 24.8. The molecule has 1 unspecified atom stereocenters. The third-order valence-electron chi connectivity index (χ3n) is 7.31. The number of carboxylic acid groups (broad SMARTS) is 1. The molecule has 1 aliphatic carbocycles. The molecule has 1 fully saturated rings. The number of hydrogen-bond donors (Lipinski definition) is 4. The van der Waals surface area contributed by atoms with Crippen LogP contribution in [0.5, 0.6) is 0 Å². The molecule has 4 rings (SSSR count). The summed E-state index contributed by atoms with van der Waals surface area (Å²) in [7, 11) is 1.63. The molecular weight excluding hydrogens is 458 g/mol. The summed E-state index contributed by atoms with van der Waals surface area (Å²) in [6.45, 7) is 0. The Morgan fingerprint density at radius 1 is 1.19 bits per heavy atom. The molecule has 1 saturated carbocycles. The second kappa shape index (κ2) is 9.74. The number of aromatic nitrogens is 1. The number of rotatable bonds is 7. The maximum absolute atomic E-state index is 13.7. The van der Waals surface area contributed by atoms with E-state index in [1.807, 2.05) is 0 Å². The molecule has 2 aromatic carbocycles. The monoisotopic (exact) mass is 487 g/mol. The van der Waals surface area contributed by atoms with E-state index in [1.54, 1.807) is 55.6 Å². The smallest absolute Gasteiger partial charge is 0.352 e. The van der Waals surface area contributed by atoms with E-state index in [0.717, 1.165) is 5.56 Å². The highest BCUT2D eigenvalue weighted by Crippen LogP contribution is 2.48. The summed E-state index contributed by atoms with van der Waals surface area (Å²) in [5, 5.41) is 23.3. The Hall–Kier alpha value is -4.32. The predicted molar refractivity (Wildman–Crippen MR) is 135 cm³/mol. The Bertz CT molecular complexity index is 1370. The lowest BCUT2D eigenvalue weighted by Crippen LogP contribution is -2.56. The first-order chi connectivity index (χ1) is 17.2. The summed E-state index contributed by atoms with van der Waals surface area (Å²) in [4.78, 5) is 39.4. The van der Waals surface area contributed by atoms with Crippen molar-refractivity contribution in [3.05, 3.63) is 65.4 Å². The molecule has 186 valence electrons. The maximum Gasteiger partial charge on any atom is 0.352 e. The van der Waals surface area contributed by atoms with Crippen LogP contribution in [0.2, 0.25) is 0 Å². The third-order valence-corrected chi connectivity index (χ3v) is 7.31. The number of aryl methyl sites for hydroxylation is 1. The minimum Gasteiger partial charge on any atom is -0.477 e. The molecule has 0 spiro atoms. The van der Waals surface area contributed by atoms with Crippen LogP contribution in [0.1, 0.15) is 47.3 Å². The molecule has 0 aliphatic heterocycles. The van der Waals surface area contributed by atoms with Crippen LogP contribution < -0.4 is 16.8 Å². The van der Waals surface area contributed by atoms with E-state index < -0.39 is 35.2 Å². The highest BCUT2D eigenvalue weighted by Gasteiger charge is 2.54. The molecular formula is C27H29N5O4. The van der Waals surface area contributed by atoms with Crippen molar-refractivity contribution in [1.82, 2.24) is 9.88 Å². The molecule has 3 aromatic rings. The van der Waals surface area contributed by atoms with Gasteiger partial charge < -0.3 is 26.5 Å². The van der Waals surface area contributed by atoms with Gasteiger partial charge >= 0.3 is 5.97 Å². The van der Waals surface area contributed by atoms with Crippen LogP contribution in [0.25, 0.3) is 10.9 Å². The second-order valence-electron chi connectivity index (χ2n) is 9.37. The van der Waals surface area contributed by atoms with E-state index in [9.17, 15) is 24.8 Å². The van der Waals surface area contributed by atoms with Gasteiger partial charge in [0.2, 0.25) is 11.8 Å². The zero-order chi connectivity index (χ0) is 26.0. The summed E-state index contributed by atoms with van der Waals surface area (Å²) in [6.07, 6.45) is 2.13. The Kier molecular flexibility index (Phi) is 6.71. The Balaban J connectivity index is 1.78. The second-order valence-corrected chi connectivity index (χ2v) is 9.37. The lowest BCUT2D eigenvalue weighted by Gasteiger charge is -2.41. The molecule has 1 aliphatic rings. The number of nitriles is 1. The molecule has 9 heteroatoms. The van der Waals surface area contributed by atoms with Crippen molar-refractivity contribution in [2.75, 3.05) is 5.73 Å². The number of nitrogen functional groups attached to an aromatic ring is 1. The Morgan fingerprint density at radius 2 is 1.89 bits per heavy atom. The predicted octanol–water partition coefficient (Wildman–Crippen LogP) is 2.62. The van der Waals surface area contributed by atoms with Crippen molar-refractivity contribution in [2.24, 2.45) is 18.7 Å². The number of aromatic carboxylic acids is 1. The Labute approximate surface area is 208 Å². The molecule has 3 atom stereocenters. The van der Waals surface area contributed by atoms with Gasteiger partial charge in [-0.2, -0.15) is 5.26 Å². The minimum atomic E-state index is -1.53. The summed E-state index contributed by atoms with van der Waals surface area (Å²) >= 11 is 0. The summed E-state index contributed by atoms with van der Waals surface area (Å²) in [5.74, 6) is -3.35. The van der Waals surface area contributed by atoms with E-state index in [1.165, 1.54) is 4.57 Å². The molecule has 0 saturated heterocycles. The first-order valence-electron chi connectivity index (χ1n) is 11.9. The van der Waals surface area contributed by atoms with Crippen LogP contribution in [-0.4, -0.2) is 33.5 Å². The van der Waals surface area contributed by atoms with E-state index in [0.29, 0.717) is 35.9 Å². The lowest BCUT2D eigenvalue weighted by atomic mass is 9.60. The normalized spacial score (nSPS) is 20.4. The van der Waals surface area contributed by atoms with Gasteiger partial charge in [0.1, 0.15) is 11.7 Å². The molecule has 1 aromatic heterocycles. The van der Waals surface area contributed by atoms with Crippen LogP contribution >= 0.6 is 0 Å². The van der Waals surface area contributed by atoms with Crippen molar-refractivity contribution in [3.63, 3.8) is 0 Å². The van der Waals surface area contributed by atoms with Gasteiger partial charge in [-0.3, -0.25) is 9.59 Å². The van der Waals surface area contributed by atoms with Crippen molar-refractivity contribution in [1.29, 1.82) is 5.26 Å². The van der Waals surface area contributed by atoms with E-state index >= 15 is 0 Å². The first-order valence-corrected chi connectivity index (χ1v) is 11.9. The number of nitrogens with two attached hydrogens (primary N) is 2. The molecule has 6 N–H and O–H groups in total. The SMILES string of the molecule is Cn1c(C(=O)O)c([C@]2(C(N)=O)CCCC[C@H]2C(=O)NC(C#N)Cc2ccc(N)cc2)c2ccccc21. The fourth-order valence-corrected chi connectivity index (χ4v) is 5.63. The standard InChI is InChI=1S/C27H29N5O4/c1-32-21-8-3-2-6-19(21)22(23(32)25(34)35)27(26(30)36)13-5-4-7-20(27)24(33)31-18(15-28)14-16-9-11-17(29)12-10-16/h2-3,6,8-12,18,20H,4-5,7,13-14,29H2,1H3,(H2,30,36)(H,31,33)(H,34,35)/t18?,20-,27-/m0/s1. The minimum absolute atomic E-state index is 0.0617. The van der Waals surface area contributed by atoms with Gasteiger partial charge in [-0.05, 0) is 36.6 Å². The number of amides is 2. The number of para-hydroxylation sites is 1. The number of hydrogen-bond acceptors (Lipinski definition) is 5. The highest BCUT2D eigenvalue weighted by molar-refractivity contribution is 6.06. The number of primary amides is 1. The van der Waals surface area contributed by atoms with Gasteiger partial charge in [0.25, 0.3) is 0 Å². The van der Waals surface area contributed by atoms with E-state index in [2.05, 4.69) is 11.4 Å². The van der Waals surface area contributed by atoms with Crippen molar-refractivity contribution in [3.8, 4) is 6.07 Å². The van der Waals surface area contributed by atoms with Crippen molar-refractivity contribution >= 4 is 34.4 Å². The molecule has 36 heavy (non-hydrogen) atoms. The quantitative estimate of drug-likeness (QED) is 0.374. The fourth-order valence-electron chi connectivity index (χ4n) is 5.63. The number of carbonyl (C=O) groups is 3. The molecule has 0 bridgehead atoms. The molecule has 0 radical (unpaired) electrons. The maximum atomic E-state index is 13.7. The number of carboxylic acids is 1. The zero-order valence-electron chi connectivity index (χ0n) is 20.0. The lowest BCUT2D eigenvalue weighted by molar-refractivity contribution is -0.137. The van der Waals surface area contributed by atoms with Crippen molar-refractivity contribution < 1.29 is 19.5 Å². The van der Waals surface area contributed by atoms with Gasteiger partial charge in [-0.25, -0.2) is 4.79 Å². The fraction of sp³-hybridized carbons (Fsp3) is 0.333. The van der Waals surface area contributed by atoms with E-state index in [4.69, 9.17) is 11.5 Å². The topological polar surface area (TPSA) is 164 Å². The van der Waals surface area contributed by atoms with Gasteiger partial charge in [0, 0.05) is 35.6 Å². The average Bonchev–Trinajstić information content (AvgIpc) is 3.17. The van der Waals surface area contributed by atoms with Crippen LogP contribution in [0, 0.1) is 17.2 Å². The van der Waals surface area contributed by atoms with Crippen LogP contribution in [-0.2, 0) is 28.5 Å². The number of carbonyl (C=O) groups excluding carboxylic acids is 2. The number of benzene rings is 2. The molecule has 9 nitrogen and oxygen atoms in total.